The Balaban J connectivity index is 1.40. The number of ether oxygens (including phenoxy) is 1. The molecule has 174 valence electrons. The lowest BCUT2D eigenvalue weighted by atomic mass is 10.1. The molecular formula is C23H25N3O5S2. The number of aryl methyl sites for hydroxylation is 1. The van der Waals surface area contributed by atoms with Gasteiger partial charge in [-0.3, -0.25) is 4.79 Å². The van der Waals surface area contributed by atoms with Crippen LogP contribution in [0.15, 0.2) is 46.7 Å². The molecule has 0 fully saturated rings. The van der Waals surface area contributed by atoms with Crippen LogP contribution in [-0.2, 0) is 39.1 Å². The predicted molar refractivity (Wildman–Crippen MR) is 125 cm³/mol. The molecule has 0 aliphatic carbocycles. The summed E-state index contributed by atoms with van der Waals surface area (Å²) in [5.74, 6) is -0.746. The Morgan fingerprint density at radius 3 is 2.58 bits per heavy atom. The third-order valence-electron chi connectivity index (χ3n) is 5.87. The van der Waals surface area contributed by atoms with Gasteiger partial charge in [0.2, 0.25) is 10.0 Å². The van der Waals surface area contributed by atoms with Crippen LogP contribution in [0.3, 0.4) is 0 Å². The Hall–Kier alpha value is -2.95. The lowest BCUT2D eigenvalue weighted by molar-refractivity contribution is -0.135. The van der Waals surface area contributed by atoms with Crippen molar-refractivity contribution in [3.63, 3.8) is 0 Å². The number of amides is 1. The molecule has 0 bridgehead atoms. The maximum absolute atomic E-state index is 12.7. The molecule has 2 N–H and O–H groups in total. The average molecular weight is 488 g/mol. The van der Waals surface area contributed by atoms with Gasteiger partial charge in [0.15, 0.2) is 6.61 Å². The van der Waals surface area contributed by atoms with Gasteiger partial charge in [0.25, 0.3) is 5.91 Å². The summed E-state index contributed by atoms with van der Waals surface area (Å²) in [5.41, 5.74) is 3.98. The van der Waals surface area contributed by atoms with E-state index >= 15 is 0 Å². The Labute approximate surface area is 196 Å². The van der Waals surface area contributed by atoms with E-state index in [1.165, 1.54) is 17.0 Å². The van der Waals surface area contributed by atoms with Crippen LogP contribution >= 0.6 is 11.3 Å². The summed E-state index contributed by atoms with van der Waals surface area (Å²) in [4.78, 5) is 28.3. The van der Waals surface area contributed by atoms with E-state index in [-0.39, 0.29) is 17.4 Å². The molecule has 10 heteroatoms. The monoisotopic (exact) mass is 487 g/mol. The summed E-state index contributed by atoms with van der Waals surface area (Å²) >= 11 is 1.70. The summed E-state index contributed by atoms with van der Waals surface area (Å²) < 4.78 is 30.2. The van der Waals surface area contributed by atoms with Crippen LogP contribution in [0, 0.1) is 13.8 Å². The smallest absolute Gasteiger partial charge is 0.340 e. The van der Waals surface area contributed by atoms with Crippen molar-refractivity contribution in [3.05, 3.63) is 74.7 Å². The van der Waals surface area contributed by atoms with E-state index in [1.54, 1.807) is 34.4 Å². The van der Waals surface area contributed by atoms with Gasteiger partial charge in [-0.2, -0.15) is 0 Å². The zero-order chi connectivity index (χ0) is 23.8. The molecule has 1 amide bonds. The lowest BCUT2D eigenvalue weighted by Crippen LogP contribution is -2.38. The molecule has 1 aromatic carbocycles. The van der Waals surface area contributed by atoms with Crippen LogP contribution in [0.4, 0.5) is 0 Å². The van der Waals surface area contributed by atoms with E-state index < -0.39 is 16.0 Å². The molecule has 3 aromatic rings. The second kappa shape index (κ2) is 9.12. The number of fused-ring (bicyclic) bond motifs is 1. The molecule has 0 saturated carbocycles. The third kappa shape index (κ3) is 5.02. The van der Waals surface area contributed by atoms with Crippen LogP contribution in [0.5, 0.6) is 0 Å². The highest BCUT2D eigenvalue weighted by Crippen LogP contribution is 2.24. The Bertz CT molecular complexity index is 1310. The van der Waals surface area contributed by atoms with Gasteiger partial charge in [0, 0.05) is 35.9 Å². The van der Waals surface area contributed by atoms with Gasteiger partial charge in [-0.05, 0) is 61.0 Å². The van der Waals surface area contributed by atoms with Crippen LogP contribution in [-0.4, -0.2) is 42.9 Å². The van der Waals surface area contributed by atoms with Crippen molar-refractivity contribution in [3.8, 4) is 0 Å². The Morgan fingerprint density at radius 2 is 1.88 bits per heavy atom. The minimum atomic E-state index is -3.75. The highest BCUT2D eigenvalue weighted by molar-refractivity contribution is 7.89. The number of rotatable bonds is 6. The summed E-state index contributed by atoms with van der Waals surface area (Å²) in [5, 5.41) is 7.18. The van der Waals surface area contributed by atoms with Crippen molar-refractivity contribution in [2.24, 2.45) is 5.14 Å². The van der Waals surface area contributed by atoms with Gasteiger partial charge in [0.1, 0.15) is 0 Å². The molecule has 4 rings (SSSR count). The number of nitrogens with zero attached hydrogens (tertiary/aromatic N) is 2. The number of aromatic nitrogens is 1. The molecule has 0 saturated heterocycles. The first-order valence-corrected chi connectivity index (χ1v) is 12.8. The number of esters is 1. The number of sulfonamides is 1. The molecule has 0 spiro atoms. The number of hydrogen-bond acceptors (Lipinski definition) is 6. The van der Waals surface area contributed by atoms with Gasteiger partial charge < -0.3 is 14.2 Å². The van der Waals surface area contributed by atoms with Crippen molar-refractivity contribution in [2.45, 2.75) is 38.3 Å². The molecule has 0 radical (unpaired) electrons. The zero-order valence-electron chi connectivity index (χ0n) is 18.4. The molecule has 3 heterocycles. The zero-order valence-corrected chi connectivity index (χ0v) is 20.0. The first-order valence-electron chi connectivity index (χ1n) is 10.4. The highest BCUT2D eigenvalue weighted by atomic mass is 32.2. The molecule has 33 heavy (non-hydrogen) atoms. The van der Waals surface area contributed by atoms with Gasteiger partial charge in [-0.1, -0.05) is 12.1 Å². The van der Waals surface area contributed by atoms with Crippen LogP contribution in [0.1, 0.15) is 37.7 Å². The number of primary sulfonamides is 1. The first-order chi connectivity index (χ1) is 15.6. The molecule has 1 aliphatic heterocycles. The third-order valence-corrected chi connectivity index (χ3v) is 7.83. The molecule has 2 aromatic heterocycles. The van der Waals surface area contributed by atoms with Crippen molar-refractivity contribution < 1.29 is 22.7 Å². The van der Waals surface area contributed by atoms with E-state index in [1.807, 2.05) is 29.9 Å². The number of nitrogens with two attached hydrogens (primary N) is 1. The minimum absolute atomic E-state index is 0.0464. The Kier molecular flexibility index (Phi) is 6.42. The largest absolute Gasteiger partial charge is 0.452 e. The summed E-state index contributed by atoms with van der Waals surface area (Å²) in [7, 11) is -3.75. The van der Waals surface area contributed by atoms with Crippen molar-refractivity contribution in [1.82, 2.24) is 9.47 Å². The molecular weight excluding hydrogens is 462 g/mol. The summed E-state index contributed by atoms with van der Waals surface area (Å²) in [6.45, 7) is 5.02. The number of benzene rings is 1. The minimum Gasteiger partial charge on any atom is -0.452 e. The van der Waals surface area contributed by atoms with Gasteiger partial charge in [-0.25, -0.2) is 18.4 Å². The number of carbonyl (C=O) groups is 2. The fourth-order valence-corrected chi connectivity index (χ4v) is 5.38. The summed E-state index contributed by atoms with van der Waals surface area (Å²) in [6.07, 6.45) is 0.825. The quantitative estimate of drug-likeness (QED) is 0.537. The normalized spacial score (nSPS) is 13.6. The standard InChI is InChI=1S/C23H25N3O5S2/c1-15-11-20(16(2)26(15)12-17-3-5-19(6-4-17)33(24,29)30)23(28)31-14-22(27)25-9-7-21-18(13-25)8-10-32-21/h3-6,8,10-11H,7,9,12-14H2,1-2H3,(H2,24,29,30). The summed E-state index contributed by atoms with van der Waals surface area (Å²) in [6, 6.07) is 10.1. The SMILES string of the molecule is Cc1cc(C(=O)OCC(=O)N2CCc3sccc3C2)c(C)n1Cc1ccc(S(N)(=O)=O)cc1. The number of hydrogen-bond donors (Lipinski definition) is 1. The van der Waals surface area contributed by atoms with Gasteiger partial charge in [0.05, 0.1) is 10.5 Å². The highest BCUT2D eigenvalue weighted by Gasteiger charge is 2.24. The van der Waals surface area contributed by atoms with E-state index in [9.17, 15) is 18.0 Å². The van der Waals surface area contributed by atoms with Crippen molar-refractivity contribution >= 4 is 33.2 Å². The topological polar surface area (TPSA) is 112 Å². The van der Waals surface area contributed by atoms with Crippen LogP contribution in [0.2, 0.25) is 0 Å². The molecule has 0 unspecified atom stereocenters. The van der Waals surface area contributed by atoms with E-state index in [0.717, 1.165) is 23.2 Å². The van der Waals surface area contributed by atoms with Gasteiger partial charge >= 0.3 is 5.97 Å². The number of thiophene rings is 1. The van der Waals surface area contributed by atoms with Crippen molar-refractivity contribution in [1.29, 1.82) is 0 Å². The van der Waals surface area contributed by atoms with Crippen molar-refractivity contribution in [2.75, 3.05) is 13.2 Å². The van der Waals surface area contributed by atoms with E-state index in [0.29, 0.717) is 30.9 Å². The maximum Gasteiger partial charge on any atom is 0.340 e. The number of carbonyl (C=O) groups excluding carboxylic acids is 2. The predicted octanol–water partition coefficient (Wildman–Crippen LogP) is 2.60. The maximum atomic E-state index is 12.7. The lowest BCUT2D eigenvalue weighted by Gasteiger charge is -2.26. The molecule has 0 atom stereocenters. The first kappa shape index (κ1) is 23.2. The second-order valence-electron chi connectivity index (χ2n) is 8.07. The Morgan fingerprint density at radius 1 is 1.15 bits per heavy atom. The van der Waals surface area contributed by atoms with Crippen LogP contribution < -0.4 is 5.14 Å². The molecule has 8 nitrogen and oxygen atoms in total. The van der Waals surface area contributed by atoms with Crippen LogP contribution in [0.25, 0.3) is 0 Å². The molecule has 1 aliphatic rings. The van der Waals surface area contributed by atoms with E-state index in [2.05, 4.69) is 0 Å². The fourth-order valence-electron chi connectivity index (χ4n) is 3.98. The van der Waals surface area contributed by atoms with Gasteiger partial charge in [-0.15, -0.1) is 11.3 Å². The second-order valence-corrected chi connectivity index (χ2v) is 10.6. The fraction of sp³-hybridized carbons (Fsp3) is 0.304. The average Bonchev–Trinajstić information content (AvgIpc) is 3.36. The van der Waals surface area contributed by atoms with E-state index in [4.69, 9.17) is 9.88 Å².